The minimum absolute atomic E-state index is 0.603. The van der Waals surface area contributed by atoms with Crippen LogP contribution in [0.25, 0.3) is 78.5 Å². The molecular formula is C38H24N4O. The van der Waals surface area contributed by atoms with E-state index in [0.29, 0.717) is 17.5 Å². The Labute approximate surface area is 248 Å². The van der Waals surface area contributed by atoms with Crippen molar-refractivity contribution in [3.63, 3.8) is 0 Å². The molecule has 0 spiro atoms. The molecule has 3 heterocycles. The van der Waals surface area contributed by atoms with E-state index in [1.807, 2.05) is 109 Å². The quantitative estimate of drug-likeness (QED) is 0.213. The Morgan fingerprint density at radius 2 is 0.953 bits per heavy atom. The third-order valence-electron chi connectivity index (χ3n) is 7.59. The van der Waals surface area contributed by atoms with E-state index in [1.165, 1.54) is 0 Å². The van der Waals surface area contributed by atoms with Gasteiger partial charge in [-0.05, 0) is 47.0 Å². The highest BCUT2D eigenvalue weighted by Gasteiger charge is 2.16. The van der Waals surface area contributed by atoms with Crippen LogP contribution in [0, 0.1) is 0 Å². The predicted molar refractivity (Wildman–Crippen MR) is 172 cm³/mol. The van der Waals surface area contributed by atoms with Gasteiger partial charge in [0.2, 0.25) is 0 Å². The van der Waals surface area contributed by atoms with Gasteiger partial charge in [0.1, 0.15) is 11.1 Å². The second-order valence-corrected chi connectivity index (χ2v) is 10.3. The van der Waals surface area contributed by atoms with Crippen LogP contribution in [0.1, 0.15) is 0 Å². The second kappa shape index (κ2) is 10.5. The molecule has 8 aromatic rings. The third kappa shape index (κ3) is 4.63. The Balaban J connectivity index is 1.28. The molecule has 0 aliphatic carbocycles. The summed E-state index contributed by atoms with van der Waals surface area (Å²) in [7, 11) is 0. The van der Waals surface area contributed by atoms with E-state index >= 15 is 0 Å². The van der Waals surface area contributed by atoms with Crippen molar-refractivity contribution in [3.05, 3.63) is 146 Å². The van der Waals surface area contributed by atoms with Crippen molar-refractivity contribution in [2.45, 2.75) is 0 Å². The van der Waals surface area contributed by atoms with Crippen LogP contribution in [0.4, 0.5) is 0 Å². The van der Waals surface area contributed by atoms with Crippen molar-refractivity contribution in [2.24, 2.45) is 0 Å². The van der Waals surface area contributed by atoms with E-state index in [4.69, 9.17) is 19.4 Å². The Hall–Kier alpha value is -5.94. The van der Waals surface area contributed by atoms with Crippen LogP contribution < -0.4 is 0 Å². The molecule has 43 heavy (non-hydrogen) atoms. The lowest BCUT2D eigenvalue weighted by Gasteiger charge is -2.10. The average Bonchev–Trinajstić information content (AvgIpc) is 3.48. The van der Waals surface area contributed by atoms with Gasteiger partial charge in [-0.2, -0.15) is 0 Å². The monoisotopic (exact) mass is 552 g/mol. The largest absolute Gasteiger partial charge is 0.454 e. The lowest BCUT2D eigenvalue weighted by atomic mass is 10.0. The summed E-state index contributed by atoms with van der Waals surface area (Å²) in [6.07, 6.45) is 1.83. The van der Waals surface area contributed by atoms with Crippen LogP contribution in [0.2, 0.25) is 0 Å². The summed E-state index contributed by atoms with van der Waals surface area (Å²) in [4.78, 5) is 19.5. The molecule has 0 bridgehead atoms. The van der Waals surface area contributed by atoms with E-state index < -0.39 is 0 Å². The van der Waals surface area contributed by atoms with Crippen LogP contribution in [-0.2, 0) is 0 Å². The zero-order valence-electron chi connectivity index (χ0n) is 23.1. The number of fused-ring (bicyclic) bond motifs is 3. The zero-order chi connectivity index (χ0) is 28.6. The molecule has 8 rings (SSSR count). The molecule has 0 saturated heterocycles. The van der Waals surface area contributed by atoms with Gasteiger partial charge < -0.3 is 4.42 Å². The number of benzene rings is 5. The van der Waals surface area contributed by atoms with Crippen LogP contribution in [0.3, 0.4) is 0 Å². The Morgan fingerprint density at radius 1 is 0.419 bits per heavy atom. The summed E-state index contributed by atoms with van der Waals surface area (Å²) >= 11 is 0. The first kappa shape index (κ1) is 24.8. The summed E-state index contributed by atoms with van der Waals surface area (Å²) in [5, 5.41) is 1.00. The molecule has 5 nitrogen and oxygen atoms in total. The molecule has 0 amide bonds. The number of hydrogen-bond donors (Lipinski definition) is 0. The van der Waals surface area contributed by atoms with Gasteiger partial charge >= 0.3 is 0 Å². The van der Waals surface area contributed by atoms with Crippen molar-refractivity contribution in [2.75, 3.05) is 0 Å². The minimum atomic E-state index is 0.603. The van der Waals surface area contributed by atoms with Crippen LogP contribution >= 0.6 is 0 Å². The fourth-order valence-electron chi connectivity index (χ4n) is 5.48. The zero-order valence-corrected chi connectivity index (χ0v) is 23.1. The fourth-order valence-corrected chi connectivity index (χ4v) is 5.48. The fraction of sp³-hybridized carbons (Fsp3) is 0. The Kier molecular flexibility index (Phi) is 6.05. The summed E-state index contributed by atoms with van der Waals surface area (Å²) in [6.45, 7) is 0. The molecule has 5 aromatic carbocycles. The summed E-state index contributed by atoms with van der Waals surface area (Å²) < 4.78 is 6.28. The van der Waals surface area contributed by atoms with Gasteiger partial charge in [-0.15, -0.1) is 0 Å². The molecule has 0 N–H and O–H groups in total. The lowest BCUT2D eigenvalue weighted by Crippen LogP contribution is -2.00. The maximum absolute atomic E-state index is 6.28. The maximum Gasteiger partial charge on any atom is 0.164 e. The molecule has 0 fully saturated rings. The highest BCUT2D eigenvalue weighted by atomic mass is 16.3. The van der Waals surface area contributed by atoms with E-state index in [9.17, 15) is 0 Å². The van der Waals surface area contributed by atoms with Crippen molar-refractivity contribution < 1.29 is 4.42 Å². The van der Waals surface area contributed by atoms with Crippen molar-refractivity contribution in [3.8, 4) is 56.4 Å². The highest BCUT2D eigenvalue weighted by molar-refractivity contribution is 6.07. The summed E-state index contributed by atoms with van der Waals surface area (Å²) in [5.41, 5.74) is 9.40. The van der Waals surface area contributed by atoms with Gasteiger partial charge in [-0.3, -0.25) is 4.98 Å². The number of hydrogen-bond acceptors (Lipinski definition) is 5. The van der Waals surface area contributed by atoms with Gasteiger partial charge in [0, 0.05) is 33.8 Å². The molecule has 3 aromatic heterocycles. The molecule has 202 valence electrons. The van der Waals surface area contributed by atoms with Crippen molar-refractivity contribution in [1.29, 1.82) is 0 Å². The SMILES string of the molecule is c1ccc(-c2cccc(-c3nc(-c4ccccc4)nc(-c4cccc(-c5ccnc6c5oc5ccccc56)c4)n3)c2)cc1. The average molecular weight is 553 g/mol. The maximum atomic E-state index is 6.28. The van der Waals surface area contributed by atoms with Gasteiger partial charge in [-0.1, -0.05) is 109 Å². The van der Waals surface area contributed by atoms with Gasteiger partial charge in [-0.25, -0.2) is 15.0 Å². The number of rotatable bonds is 5. The first-order valence-electron chi connectivity index (χ1n) is 14.1. The molecule has 5 heteroatoms. The molecule has 0 aliphatic rings. The second-order valence-electron chi connectivity index (χ2n) is 10.3. The predicted octanol–water partition coefficient (Wildman–Crippen LogP) is 9.50. The number of furan rings is 1. The molecule has 0 atom stereocenters. The first-order chi connectivity index (χ1) is 21.3. The standard InChI is InChI=1S/C38H24N4O/c1-3-11-25(12-4-1)27-15-9-17-29(23-27)37-40-36(26-13-5-2-6-14-26)41-38(42-37)30-18-10-16-28(24-30)31-21-22-39-34-32-19-7-8-20-33(32)43-35(31)34/h1-24H. The van der Waals surface area contributed by atoms with E-state index in [1.54, 1.807) is 0 Å². The van der Waals surface area contributed by atoms with Crippen molar-refractivity contribution in [1.82, 2.24) is 19.9 Å². The normalized spacial score (nSPS) is 11.3. The summed E-state index contributed by atoms with van der Waals surface area (Å²) in [5.74, 6) is 1.85. The number of para-hydroxylation sites is 1. The minimum Gasteiger partial charge on any atom is -0.454 e. The van der Waals surface area contributed by atoms with Gasteiger partial charge in [0.25, 0.3) is 0 Å². The number of pyridine rings is 1. The first-order valence-corrected chi connectivity index (χ1v) is 14.1. The topological polar surface area (TPSA) is 64.7 Å². The van der Waals surface area contributed by atoms with Crippen LogP contribution in [-0.4, -0.2) is 19.9 Å². The molecular weight excluding hydrogens is 528 g/mol. The van der Waals surface area contributed by atoms with E-state index in [2.05, 4.69) is 41.4 Å². The van der Waals surface area contributed by atoms with Gasteiger partial charge in [0.15, 0.2) is 23.1 Å². The molecule has 0 aliphatic heterocycles. The smallest absolute Gasteiger partial charge is 0.164 e. The van der Waals surface area contributed by atoms with E-state index in [0.717, 1.165) is 61.0 Å². The third-order valence-corrected chi connectivity index (χ3v) is 7.59. The van der Waals surface area contributed by atoms with Crippen molar-refractivity contribution >= 4 is 22.1 Å². The Bertz CT molecular complexity index is 2240. The summed E-state index contributed by atoms with van der Waals surface area (Å²) in [6, 6.07) is 46.9. The highest BCUT2D eigenvalue weighted by Crippen LogP contribution is 2.36. The lowest BCUT2D eigenvalue weighted by molar-refractivity contribution is 0.669. The van der Waals surface area contributed by atoms with Gasteiger partial charge in [0.05, 0.1) is 0 Å². The molecule has 0 radical (unpaired) electrons. The van der Waals surface area contributed by atoms with E-state index in [-0.39, 0.29) is 0 Å². The number of aromatic nitrogens is 4. The van der Waals surface area contributed by atoms with Crippen LogP contribution in [0.5, 0.6) is 0 Å². The molecule has 0 saturated carbocycles. The molecule has 0 unspecified atom stereocenters. The van der Waals surface area contributed by atoms with Crippen LogP contribution in [0.15, 0.2) is 150 Å². The number of nitrogens with zero attached hydrogens (tertiary/aromatic N) is 4. The Morgan fingerprint density at radius 3 is 1.67 bits per heavy atom.